The average Bonchev–Trinajstić information content (AvgIpc) is 2.43. The molecule has 1 aromatic rings. The molecule has 2 atom stereocenters. The Morgan fingerprint density at radius 1 is 1.37 bits per heavy atom. The van der Waals surface area contributed by atoms with Crippen LogP contribution in [0.1, 0.15) is 24.2 Å². The molecule has 1 saturated heterocycles. The number of piperazine rings is 1. The fraction of sp³-hybridized carbons (Fsp3) is 0.571. The molecule has 1 N–H and O–H groups in total. The summed E-state index contributed by atoms with van der Waals surface area (Å²) in [7, 11) is 3.93. The predicted molar refractivity (Wildman–Crippen MR) is 76.4 cm³/mol. The van der Waals surface area contributed by atoms with Crippen LogP contribution in [0.5, 0.6) is 0 Å². The second-order valence-electron chi connectivity index (χ2n) is 5.24. The van der Waals surface area contributed by atoms with E-state index in [9.17, 15) is 4.79 Å². The van der Waals surface area contributed by atoms with Crippen LogP contribution in [0.15, 0.2) is 18.5 Å². The van der Waals surface area contributed by atoms with E-state index in [1.54, 1.807) is 12.4 Å². The third kappa shape index (κ3) is 2.71. The van der Waals surface area contributed by atoms with Crippen LogP contribution in [0.3, 0.4) is 0 Å². The zero-order valence-corrected chi connectivity index (χ0v) is 12.1. The van der Waals surface area contributed by atoms with Crippen molar-refractivity contribution in [2.75, 3.05) is 32.5 Å². The summed E-state index contributed by atoms with van der Waals surface area (Å²) < 4.78 is 0. The molecule has 0 aromatic carbocycles. The van der Waals surface area contributed by atoms with Gasteiger partial charge >= 0.3 is 0 Å². The Labute approximate surface area is 114 Å². The average molecular weight is 262 g/mol. The third-order valence-corrected chi connectivity index (χ3v) is 3.97. The van der Waals surface area contributed by atoms with Crippen molar-refractivity contribution >= 4 is 11.6 Å². The van der Waals surface area contributed by atoms with E-state index in [4.69, 9.17) is 0 Å². The van der Waals surface area contributed by atoms with Gasteiger partial charge in [0.2, 0.25) is 0 Å². The molecule has 104 valence electrons. The van der Waals surface area contributed by atoms with Gasteiger partial charge in [0, 0.05) is 50.3 Å². The topological polar surface area (TPSA) is 48.5 Å². The summed E-state index contributed by atoms with van der Waals surface area (Å²) in [6.45, 7) is 5.83. The van der Waals surface area contributed by atoms with Crippen LogP contribution in [0.2, 0.25) is 0 Å². The number of nitrogens with zero attached hydrogens (tertiary/aromatic N) is 3. The molecule has 19 heavy (non-hydrogen) atoms. The summed E-state index contributed by atoms with van der Waals surface area (Å²) in [6.07, 6.45) is 3.33. The maximum absolute atomic E-state index is 12.6. The molecule has 1 aromatic heterocycles. The molecule has 5 nitrogen and oxygen atoms in total. The van der Waals surface area contributed by atoms with Gasteiger partial charge in [0.25, 0.3) is 5.91 Å². The van der Waals surface area contributed by atoms with Crippen LogP contribution in [0.25, 0.3) is 0 Å². The van der Waals surface area contributed by atoms with E-state index in [0.717, 1.165) is 18.8 Å². The Kier molecular flexibility index (Phi) is 4.04. The van der Waals surface area contributed by atoms with Gasteiger partial charge in [-0.15, -0.1) is 0 Å². The number of nitrogens with one attached hydrogen (secondary N) is 1. The number of hydrogen-bond donors (Lipinski definition) is 1. The van der Waals surface area contributed by atoms with Gasteiger partial charge in [0.1, 0.15) is 0 Å². The van der Waals surface area contributed by atoms with Crippen molar-refractivity contribution < 1.29 is 4.79 Å². The lowest BCUT2D eigenvalue weighted by Gasteiger charge is -2.42. The molecule has 2 heterocycles. The molecular formula is C14H22N4O. The summed E-state index contributed by atoms with van der Waals surface area (Å²) in [5.74, 6) is 0.0595. The Hall–Kier alpha value is -1.62. The molecule has 5 heteroatoms. The lowest BCUT2D eigenvalue weighted by molar-refractivity contribution is 0.0414. The fourth-order valence-electron chi connectivity index (χ4n) is 2.52. The van der Waals surface area contributed by atoms with E-state index in [0.29, 0.717) is 17.6 Å². The highest BCUT2D eigenvalue weighted by molar-refractivity contribution is 5.99. The molecule has 0 spiro atoms. The van der Waals surface area contributed by atoms with Crippen molar-refractivity contribution in [2.24, 2.45) is 0 Å². The van der Waals surface area contributed by atoms with Crippen molar-refractivity contribution in [2.45, 2.75) is 25.9 Å². The maximum atomic E-state index is 12.6. The van der Waals surface area contributed by atoms with Gasteiger partial charge in [-0.1, -0.05) is 0 Å². The number of amides is 1. The van der Waals surface area contributed by atoms with Gasteiger partial charge in [0.05, 0.1) is 5.56 Å². The Morgan fingerprint density at radius 2 is 2.00 bits per heavy atom. The van der Waals surface area contributed by atoms with Crippen LogP contribution in [0.4, 0.5) is 5.69 Å². The fourth-order valence-corrected chi connectivity index (χ4v) is 2.52. The van der Waals surface area contributed by atoms with Gasteiger partial charge in [-0.05, 0) is 27.0 Å². The highest BCUT2D eigenvalue weighted by Gasteiger charge is 2.30. The first-order chi connectivity index (χ1) is 9.04. The molecule has 1 fully saturated rings. The van der Waals surface area contributed by atoms with Crippen LogP contribution in [-0.4, -0.2) is 60.0 Å². The second-order valence-corrected chi connectivity index (χ2v) is 5.24. The monoisotopic (exact) mass is 262 g/mol. The SMILES string of the molecule is CNc1ccncc1C(=O)N1CC(C)N(C)C(C)C1. The van der Waals surface area contributed by atoms with E-state index in [-0.39, 0.29) is 5.91 Å². The highest BCUT2D eigenvalue weighted by atomic mass is 16.2. The molecule has 0 radical (unpaired) electrons. The minimum atomic E-state index is 0.0595. The zero-order chi connectivity index (χ0) is 14.0. The van der Waals surface area contributed by atoms with Crippen molar-refractivity contribution in [3.8, 4) is 0 Å². The van der Waals surface area contributed by atoms with Crippen LogP contribution in [-0.2, 0) is 0 Å². The van der Waals surface area contributed by atoms with Crippen LogP contribution >= 0.6 is 0 Å². The van der Waals surface area contributed by atoms with Crippen molar-refractivity contribution in [3.05, 3.63) is 24.0 Å². The Morgan fingerprint density at radius 3 is 2.58 bits per heavy atom. The van der Waals surface area contributed by atoms with Gasteiger partial charge in [-0.25, -0.2) is 0 Å². The first-order valence-electron chi connectivity index (χ1n) is 6.67. The summed E-state index contributed by atoms with van der Waals surface area (Å²) in [5.41, 5.74) is 1.48. The lowest BCUT2D eigenvalue weighted by atomic mass is 10.1. The highest BCUT2D eigenvalue weighted by Crippen LogP contribution is 2.19. The summed E-state index contributed by atoms with van der Waals surface area (Å²) >= 11 is 0. The van der Waals surface area contributed by atoms with E-state index < -0.39 is 0 Å². The van der Waals surface area contributed by atoms with Gasteiger partial charge < -0.3 is 10.2 Å². The summed E-state index contributed by atoms with van der Waals surface area (Å²) in [4.78, 5) is 20.9. The summed E-state index contributed by atoms with van der Waals surface area (Å²) in [6, 6.07) is 2.58. The van der Waals surface area contributed by atoms with Crippen molar-refractivity contribution in [1.82, 2.24) is 14.8 Å². The van der Waals surface area contributed by atoms with E-state index in [1.807, 2.05) is 18.0 Å². The number of likely N-dealkylation sites (N-methyl/N-ethyl adjacent to an activating group) is 1. The van der Waals surface area contributed by atoms with Crippen LogP contribution < -0.4 is 5.32 Å². The molecule has 0 aliphatic carbocycles. The maximum Gasteiger partial charge on any atom is 0.257 e. The van der Waals surface area contributed by atoms with E-state index >= 15 is 0 Å². The number of hydrogen-bond acceptors (Lipinski definition) is 4. The minimum absolute atomic E-state index is 0.0595. The smallest absolute Gasteiger partial charge is 0.257 e. The number of rotatable bonds is 2. The minimum Gasteiger partial charge on any atom is -0.387 e. The Bertz CT molecular complexity index is 451. The van der Waals surface area contributed by atoms with Crippen molar-refractivity contribution in [1.29, 1.82) is 0 Å². The van der Waals surface area contributed by atoms with Gasteiger partial charge in [0.15, 0.2) is 0 Å². The lowest BCUT2D eigenvalue weighted by Crippen LogP contribution is -2.56. The zero-order valence-electron chi connectivity index (χ0n) is 12.1. The van der Waals surface area contributed by atoms with Gasteiger partial charge in [-0.2, -0.15) is 0 Å². The predicted octanol–water partition coefficient (Wildman–Crippen LogP) is 1.29. The molecular weight excluding hydrogens is 240 g/mol. The standard InChI is InChI=1S/C14H22N4O/c1-10-8-18(9-11(2)17(10)4)14(19)12-7-16-6-5-13(12)15-3/h5-7,10-11H,8-9H2,1-4H3,(H,15,16). The molecule has 2 unspecified atom stereocenters. The normalized spacial score (nSPS) is 24.3. The molecule has 1 aliphatic heterocycles. The van der Waals surface area contributed by atoms with Gasteiger partial charge in [-0.3, -0.25) is 14.7 Å². The van der Waals surface area contributed by atoms with E-state index in [1.165, 1.54) is 0 Å². The van der Waals surface area contributed by atoms with Crippen LogP contribution in [0, 0.1) is 0 Å². The second kappa shape index (κ2) is 5.57. The first kappa shape index (κ1) is 13.8. The molecule has 1 aliphatic rings. The number of carbonyl (C=O) groups excluding carboxylic acids is 1. The number of anilines is 1. The third-order valence-electron chi connectivity index (χ3n) is 3.97. The molecule has 2 rings (SSSR count). The Balaban J connectivity index is 2.20. The number of carbonyl (C=O) groups is 1. The van der Waals surface area contributed by atoms with E-state index in [2.05, 4.69) is 36.1 Å². The molecule has 0 saturated carbocycles. The number of pyridine rings is 1. The molecule has 1 amide bonds. The quantitative estimate of drug-likeness (QED) is 0.872. The van der Waals surface area contributed by atoms with Crippen molar-refractivity contribution in [3.63, 3.8) is 0 Å². The number of aromatic nitrogens is 1. The summed E-state index contributed by atoms with van der Waals surface area (Å²) in [5, 5.41) is 3.05. The largest absolute Gasteiger partial charge is 0.387 e. The first-order valence-corrected chi connectivity index (χ1v) is 6.67. The molecule has 0 bridgehead atoms.